The Labute approximate surface area is 36.8 Å². The number of hydrogen-bond acceptors (Lipinski definition) is 2. The molecule has 1 heterocycles. The summed E-state index contributed by atoms with van der Waals surface area (Å²) in [5.74, 6) is 0. The molecule has 0 amide bonds. The quantitative estimate of drug-likeness (QED) is 0.397. The SMILES string of the molecule is C1=[Se]NNC1. The van der Waals surface area contributed by atoms with Gasteiger partial charge in [-0.05, 0) is 0 Å². The van der Waals surface area contributed by atoms with E-state index in [0.29, 0.717) is 14.7 Å². The molecule has 29 valence electrons. The minimum absolute atomic E-state index is 0.583. The average Bonchev–Trinajstić information content (AvgIpc) is 1.76. The third kappa shape index (κ3) is 0.815. The van der Waals surface area contributed by atoms with Crippen molar-refractivity contribution in [1.82, 2.24) is 9.87 Å². The Hall–Kier alpha value is 0.309. The molecule has 1 rings (SSSR count). The molecule has 0 spiro atoms. The Balaban J connectivity index is 2.32. The van der Waals surface area contributed by atoms with Gasteiger partial charge in [-0.2, -0.15) is 0 Å². The fourth-order valence-corrected chi connectivity index (χ4v) is 1.08. The van der Waals surface area contributed by atoms with E-state index in [1.54, 1.807) is 0 Å². The number of nitrogens with one attached hydrogen (secondary N) is 2. The summed E-state index contributed by atoms with van der Waals surface area (Å²) in [7, 11) is 0. The van der Waals surface area contributed by atoms with Gasteiger partial charge in [0.25, 0.3) is 0 Å². The van der Waals surface area contributed by atoms with Gasteiger partial charge in [-0.3, -0.25) is 0 Å². The maximum atomic E-state index is 2.98. The van der Waals surface area contributed by atoms with Crippen molar-refractivity contribution in [3.05, 3.63) is 0 Å². The molecule has 0 bridgehead atoms. The van der Waals surface area contributed by atoms with Crippen LogP contribution in [-0.4, -0.2) is 26.2 Å². The van der Waals surface area contributed by atoms with Gasteiger partial charge in [0.15, 0.2) is 0 Å². The molecule has 0 saturated carbocycles. The van der Waals surface area contributed by atoms with Gasteiger partial charge in [-0.15, -0.1) is 0 Å². The topological polar surface area (TPSA) is 24.1 Å². The molecule has 0 aliphatic carbocycles. The maximum absolute atomic E-state index is 2.98. The molecule has 2 nitrogen and oxygen atoms in total. The molecule has 0 saturated heterocycles. The first-order chi connectivity index (χ1) is 2.50. The van der Waals surface area contributed by atoms with Gasteiger partial charge in [0, 0.05) is 0 Å². The number of rotatable bonds is 0. The molecule has 0 aromatic carbocycles. The van der Waals surface area contributed by atoms with Crippen molar-refractivity contribution in [2.45, 2.75) is 0 Å². The standard InChI is InChI=1S/C2H5N2Se/c1-2-5-4-3-1/h2-4H,1H2. The Morgan fingerprint density at radius 2 is 2.80 bits per heavy atom. The summed E-state index contributed by atoms with van der Waals surface area (Å²) in [6.07, 6.45) is 0. The Bertz CT molecular complexity index is 45.6. The molecule has 0 fully saturated rings. The molecular formula is C2H5N2Se. The third-order valence-corrected chi connectivity index (χ3v) is 1.65. The first kappa shape index (κ1) is 3.50. The van der Waals surface area contributed by atoms with Gasteiger partial charge >= 0.3 is 36.1 Å². The Kier molecular flexibility index (Phi) is 1.17. The molecule has 1 aliphatic rings. The molecule has 1 radical (unpaired) electrons. The second-order valence-electron chi connectivity index (χ2n) is 0.767. The van der Waals surface area contributed by atoms with Crippen molar-refractivity contribution in [3.8, 4) is 0 Å². The van der Waals surface area contributed by atoms with E-state index < -0.39 is 0 Å². The van der Waals surface area contributed by atoms with Crippen molar-refractivity contribution >= 4 is 19.7 Å². The van der Waals surface area contributed by atoms with E-state index >= 15 is 0 Å². The van der Waals surface area contributed by atoms with Crippen molar-refractivity contribution in [2.75, 3.05) is 6.54 Å². The van der Waals surface area contributed by atoms with Crippen LogP contribution in [0.5, 0.6) is 0 Å². The van der Waals surface area contributed by atoms with E-state index in [9.17, 15) is 0 Å². The normalized spacial score (nSPS) is 20.8. The zero-order valence-electron chi connectivity index (χ0n) is 2.69. The number of hydrazine groups is 1. The Morgan fingerprint density at radius 1 is 1.80 bits per heavy atom. The predicted molar refractivity (Wildman–Crippen MR) is 23.0 cm³/mol. The van der Waals surface area contributed by atoms with E-state index in [1.165, 1.54) is 0 Å². The van der Waals surface area contributed by atoms with Crippen LogP contribution < -0.4 is 9.87 Å². The van der Waals surface area contributed by atoms with E-state index in [4.69, 9.17) is 0 Å². The Morgan fingerprint density at radius 3 is 3.00 bits per heavy atom. The van der Waals surface area contributed by atoms with Crippen LogP contribution in [0.15, 0.2) is 0 Å². The summed E-state index contributed by atoms with van der Waals surface area (Å²) in [4.78, 5) is 2.20. The zero-order valence-corrected chi connectivity index (χ0v) is 4.41. The molecule has 5 heavy (non-hydrogen) atoms. The molecule has 0 aromatic heterocycles. The van der Waals surface area contributed by atoms with Gasteiger partial charge in [-0.25, -0.2) is 0 Å². The third-order valence-electron chi connectivity index (χ3n) is 0.400. The van der Waals surface area contributed by atoms with Crippen LogP contribution in [0.3, 0.4) is 0 Å². The van der Waals surface area contributed by atoms with Crippen molar-refractivity contribution in [1.29, 1.82) is 0 Å². The molecule has 2 N–H and O–H groups in total. The summed E-state index contributed by atoms with van der Waals surface area (Å²) >= 11 is 0.583. The number of hydrogen-bond donors (Lipinski definition) is 2. The summed E-state index contributed by atoms with van der Waals surface area (Å²) in [6.45, 7) is 1.04. The second kappa shape index (κ2) is 1.67. The monoisotopic (exact) mass is 137 g/mol. The van der Waals surface area contributed by atoms with Crippen LogP contribution in [0.2, 0.25) is 0 Å². The van der Waals surface area contributed by atoms with Gasteiger partial charge in [0.1, 0.15) is 0 Å². The van der Waals surface area contributed by atoms with Crippen molar-refractivity contribution in [3.63, 3.8) is 0 Å². The summed E-state index contributed by atoms with van der Waals surface area (Å²) in [5.41, 5.74) is 2.94. The summed E-state index contributed by atoms with van der Waals surface area (Å²) in [5, 5.41) is 0. The molecule has 0 unspecified atom stereocenters. The van der Waals surface area contributed by atoms with Crippen molar-refractivity contribution in [2.24, 2.45) is 0 Å². The van der Waals surface area contributed by atoms with Crippen molar-refractivity contribution < 1.29 is 0 Å². The van der Waals surface area contributed by atoms with Crippen LogP contribution in [0.25, 0.3) is 0 Å². The van der Waals surface area contributed by atoms with Crippen LogP contribution in [0, 0.1) is 0 Å². The van der Waals surface area contributed by atoms with Crippen LogP contribution in [0.4, 0.5) is 0 Å². The van der Waals surface area contributed by atoms with E-state index in [-0.39, 0.29) is 0 Å². The fraction of sp³-hybridized carbons (Fsp3) is 0.500. The van der Waals surface area contributed by atoms with Gasteiger partial charge in [-0.1, -0.05) is 0 Å². The summed E-state index contributed by atoms with van der Waals surface area (Å²) < 4.78 is 2.98. The van der Waals surface area contributed by atoms with Gasteiger partial charge < -0.3 is 0 Å². The predicted octanol–water partition coefficient (Wildman–Crippen LogP) is -1.48. The van der Waals surface area contributed by atoms with Gasteiger partial charge in [0.05, 0.1) is 0 Å². The molecular weight excluding hydrogens is 131 g/mol. The van der Waals surface area contributed by atoms with Crippen LogP contribution >= 0.6 is 0 Å². The average molecular weight is 136 g/mol. The molecule has 0 aromatic rings. The van der Waals surface area contributed by atoms with Crippen LogP contribution in [-0.2, 0) is 0 Å². The van der Waals surface area contributed by atoms with E-state index in [2.05, 4.69) is 14.8 Å². The first-order valence-corrected chi connectivity index (χ1v) is 3.30. The fourth-order valence-electron chi connectivity index (χ4n) is 0.208. The van der Waals surface area contributed by atoms with Gasteiger partial charge in [0.2, 0.25) is 0 Å². The molecule has 0 atom stereocenters. The minimum atomic E-state index is 0.583. The van der Waals surface area contributed by atoms with E-state index in [1.807, 2.05) is 0 Å². The first-order valence-electron chi connectivity index (χ1n) is 1.45. The molecule has 1 aliphatic heterocycles. The van der Waals surface area contributed by atoms with E-state index in [0.717, 1.165) is 6.54 Å². The second-order valence-corrected chi connectivity index (χ2v) is 2.39. The zero-order chi connectivity index (χ0) is 3.54. The summed E-state index contributed by atoms with van der Waals surface area (Å²) in [6, 6.07) is 0. The van der Waals surface area contributed by atoms with Crippen LogP contribution in [0.1, 0.15) is 0 Å². The molecule has 3 heteroatoms.